The maximum atomic E-state index is 12.0. The molecule has 2 N–H and O–H groups in total. The summed E-state index contributed by atoms with van der Waals surface area (Å²) < 4.78 is 10.8. The first-order chi connectivity index (χ1) is 15.4. The fourth-order valence-electron chi connectivity index (χ4n) is 2.78. The van der Waals surface area contributed by atoms with Gasteiger partial charge in [-0.15, -0.1) is 0 Å². The van der Waals surface area contributed by atoms with Gasteiger partial charge in [0, 0.05) is 19.7 Å². The van der Waals surface area contributed by atoms with E-state index in [1.807, 2.05) is 55.5 Å². The predicted molar refractivity (Wildman–Crippen MR) is 124 cm³/mol. The smallest absolute Gasteiger partial charge is 0.241 e. The van der Waals surface area contributed by atoms with Crippen LogP contribution < -0.4 is 15.4 Å². The molecule has 3 rings (SSSR count). The first kappa shape index (κ1) is 22.9. The number of nitrogens with one attached hydrogen (secondary N) is 2. The van der Waals surface area contributed by atoms with E-state index in [1.54, 1.807) is 27.5 Å². The summed E-state index contributed by atoms with van der Waals surface area (Å²) in [5.74, 6) is 1.82. The summed E-state index contributed by atoms with van der Waals surface area (Å²) in [5.41, 5.74) is 3.86. The van der Waals surface area contributed by atoms with Crippen molar-refractivity contribution in [2.24, 2.45) is 4.99 Å². The van der Waals surface area contributed by atoms with Crippen LogP contribution in [0.5, 0.6) is 5.75 Å². The lowest BCUT2D eigenvalue weighted by atomic mass is 10.1. The number of aliphatic imine (C=N–C) groups is 1. The Hall–Kier alpha value is -3.81. The Bertz CT molecular complexity index is 1040. The Labute approximate surface area is 188 Å². The predicted octanol–water partition coefficient (Wildman–Crippen LogP) is 2.98. The largest absolute Gasteiger partial charge is 0.497 e. The summed E-state index contributed by atoms with van der Waals surface area (Å²) in [6.45, 7) is 3.02. The number of hydrogen-bond donors (Lipinski definition) is 2. The van der Waals surface area contributed by atoms with Crippen molar-refractivity contribution in [3.8, 4) is 17.2 Å². The number of rotatable bonds is 8. The van der Waals surface area contributed by atoms with Crippen molar-refractivity contribution in [2.75, 3.05) is 27.7 Å². The molecule has 168 valence electrons. The fourth-order valence-corrected chi connectivity index (χ4v) is 2.78. The number of nitrogens with zero attached hydrogens (tertiary/aromatic N) is 3. The van der Waals surface area contributed by atoms with E-state index in [-0.39, 0.29) is 12.5 Å². The third-order valence-electron chi connectivity index (χ3n) is 4.77. The molecular weight excluding hydrogens is 406 g/mol. The van der Waals surface area contributed by atoms with Gasteiger partial charge in [0.15, 0.2) is 5.96 Å². The van der Waals surface area contributed by atoms with Gasteiger partial charge in [0.05, 0.1) is 32.4 Å². The van der Waals surface area contributed by atoms with Crippen LogP contribution in [0.1, 0.15) is 16.8 Å². The molecule has 1 aromatic heterocycles. The molecule has 8 heteroatoms. The monoisotopic (exact) mass is 435 g/mol. The van der Waals surface area contributed by atoms with E-state index in [9.17, 15) is 4.79 Å². The number of aryl methyl sites for hydroxylation is 1. The average Bonchev–Trinajstić information content (AvgIpc) is 3.28. The maximum absolute atomic E-state index is 12.0. The minimum Gasteiger partial charge on any atom is -0.497 e. The highest BCUT2D eigenvalue weighted by atomic mass is 16.5. The van der Waals surface area contributed by atoms with Crippen LogP contribution in [0.2, 0.25) is 0 Å². The molecule has 0 fully saturated rings. The number of carbonyl (C=O) groups excluding carboxylic acids is 1. The number of aromatic nitrogens is 1. The topological polar surface area (TPSA) is 92.0 Å². The molecule has 0 aliphatic carbocycles. The van der Waals surface area contributed by atoms with Crippen molar-refractivity contribution in [1.29, 1.82) is 0 Å². The van der Waals surface area contributed by atoms with Gasteiger partial charge in [-0.3, -0.25) is 4.79 Å². The molecule has 0 spiro atoms. The van der Waals surface area contributed by atoms with Crippen LogP contribution in [-0.4, -0.2) is 49.5 Å². The summed E-state index contributed by atoms with van der Waals surface area (Å²) in [4.78, 5) is 22.7. The van der Waals surface area contributed by atoms with Crippen LogP contribution in [0.25, 0.3) is 11.5 Å². The first-order valence-electron chi connectivity index (χ1n) is 10.3. The van der Waals surface area contributed by atoms with E-state index in [0.717, 1.165) is 22.6 Å². The highest BCUT2D eigenvalue weighted by molar-refractivity contribution is 5.86. The van der Waals surface area contributed by atoms with Crippen LogP contribution in [0, 0.1) is 6.92 Å². The number of ether oxygens (including phenoxy) is 1. The van der Waals surface area contributed by atoms with Crippen molar-refractivity contribution in [3.05, 3.63) is 71.6 Å². The zero-order valence-electron chi connectivity index (χ0n) is 18.9. The quantitative estimate of drug-likeness (QED) is 0.418. The summed E-state index contributed by atoms with van der Waals surface area (Å²) in [6.07, 6.45) is 1.62. The second kappa shape index (κ2) is 11.0. The second-order valence-electron chi connectivity index (χ2n) is 7.52. The minimum absolute atomic E-state index is 0.0490. The Kier molecular flexibility index (Phi) is 7.85. The summed E-state index contributed by atoms with van der Waals surface area (Å²) >= 11 is 0. The van der Waals surface area contributed by atoms with Crippen LogP contribution in [-0.2, 0) is 17.9 Å². The van der Waals surface area contributed by atoms with Gasteiger partial charge in [-0.2, -0.15) is 0 Å². The summed E-state index contributed by atoms with van der Waals surface area (Å²) in [7, 11) is 5.07. The molecule has 8 nitrogen and oxygen atoms in total. The SMILES string of the molecule is COc1ccc(CN=C(NCC(=O)N(C)C)NCc2coc(-c3ccc(C)cc3)n2)cc1. The van der Waals surface area contributed by atoms with Gasteiger partial charge in [-0.05, 0) is 36.8 Å². The van der Waals surface area contributed by atoms with Crippen LogP contribution >= 0.6 is 0 Å². The lowest BCUT2D eigenvalue weighted by Crippen LogP contribution is -2.42. The van der Waals surface area contributed by atoms with E-state index in [4.69, 9.17) is 9.15 Å². The molecule has 1 heterocycles. The highest BCUT2D eigenvalue weighted by Gasteiger charge is 2.09. The van der Waals surface area contributed by atoms with Crippen molar-refractivity contribution in [1.82, 2.24) is 20.5 Å². The Morgan fingerprint density at radius 3 is 2.47 bits per heavy atom. The number of likely N-dealkylation sites (N-methyl/N-ethyl adjacent to an activating group) is 1. The molecule has 0 unspecified atom stereocenters. The number of benzene rings is 2. The molecule has 2 aromatic carbocycles. The van der Waals surface area contributed by atoms with Gasteiger partial charge < -0.3 is 24.7 Å². The molecule has 0 atom stereocenters. The summed E-state index contributed by atoms with van der Waals surface area (Å²) in [6, 6.07) is 15.7. The molecule has 0 saturated carbocycles. The van der Waals surface area contributed by atoms with Crippen molar-refractivity contribution in [3.63, 3.8) is 0 Å². The maximum Gasteiger partial charge on any atom is 0.241 e. The lowest BCUT2D eigenvalue weighted by Gasteiger charge is -2.14. The molecule has 32 heavy (non-hydrogen) atoms. The van der Waals surface area contributed by atoms with E-state index in [2.05, 4.69) is 20.6 Å². The lowest BCUT2D eigenvalue weighted by molar-refractivity contribution is -0.127. The number of amides is 1. The zero-order chi connectivity index (χ0) is 22.9. The first-order valence-corrected chi connectivity index (χ1v) is 10.3. The summed E-state index contributed by atoms with van der Waals surface area (Å²) in [5, 5.41) is 6.29. The molecule has 0 aliphatic heterocycles. The molecule has 0 bridgehead atoms. The molecule has 0 aliphatic rings. The van der Waals surface area contributed by atoms with Crippen LogP contribution in [0.15, 0.2) is 64.2 Å². The normalized spacial score (nSPS) is 11.2. The Balaban J connectivity index is 1.66. The molecule has 0 radical (unpaired) electrons. The molecule has 1 amide bonds. The number of oxazole rings is 1. The van der Waals surface area contributed by atoms with Crippen LogP contribution in [0.4, 0.5) is 0 Å². The van der Waals surface area contributed by atoms with Gasteiger partial charge >= 0.3 is 0 Å². The van der Waals surface area contributed by atoms with E-state index in [1.165, 1.54) is 10.5 Å². The number of carbonyl (C=O) groups is 1. The van der Waals surface area contributed by atoms with E-state index >= 15 is 0 Å². The average molecular weight is 436 g/mol. The van der Waals surface area contributed by atoms with Gasteiger partial charge in [0.25, 0.3) is 0 Å². The van der Waals surface area contributed by atoms with E-state index in [0.29, 0.717) is 24.9 Å². The van der Waals surface area contributed by atoms with Crippen molar-refractivity contribution >= 4 is 11.9 Å². The number of guanidine groups is 1. The van der Waals surface area contributed by atoms with Crippen LogP contribution in [0.3, 0.4) is 0 Å². The third-order valence-corrected chi connectivity index (χ3v) is 4.77. The number of hydrogen-bond acceptors (Lipinski definition) is 5. The Morgan fingerprint density at radius 1 is 1.09 bits per heavy atom. The standard InChI is InChI=1S/C24H29N5O3/c1-17-5-9-19(10-6-17)23-28-20(16-32-23)14-26-24(27-15-22(30)29(2)3)25-13-18-7-11-21(31-4)12-8-18/h5-12,16H,13-15H2,1-4H3,(H2,25,26,27). The number of methoxy groups -OCH3 is 1. The Morgan fingerprint density at radius 2 is 1.81 bits per heavy atom. The van der Waals surface area contributed by atoms with Gasteiger partial charge in [0.1, 0.15) is 12.0 Å². The molecule has 3 aromatic rings. The van der Waals surface area contributed by atoms with Gasteiger partial charge in [-0.25, -0.2) is 9.98 Å². The minimum atomic E-state index is -0.0490. The molecular formula is C24H29N5O3. The zero-order valence-corrected chi connectivity index (χ0v) is 18.9. The molecule has 0 saturated heterocycles. The van der Waals surface area contributed by atoms with E-state index < -0.39 is 0 Å². The van der Waals surface area contributed by atoms with Crippen molar-refractivity contribution in [2.45, 2.75) is 20.0 Å². The second-order valence-corrected chi connectivity index (χ2v) is 7.52. The third kappa shape index (κ3) is 6.60. The highest BCUT2D eigenvalue weighted by Crippen LogP contribution is 2.19. The van der Waals surface area contributed by atoms with Gasteiger partial charge in [-0.1, -0.05) is 29.8 Å². The van der Waals surface area contributed by atoms with Gasteiger partial charge in [0.2, 0.25) is 11.8 Å². The van der Waals surface area contributed by atoms with Crippen molar-refractivity contribution < 1.29 is 13.9 Å². The fraction of sp³-hybridized carbons (Fsp3) is 0.292.